The van der Waals surface area contributed by atoms with Gasteiger partial charge in [-0.1, -0.05) is 157 Å². The molecule has 8 rings (SSSR count). The molecule has 0 spiro atoms. The Bertz CT molecular complexity index is 3730. The lowest BCUT2D eigenvalue weighted by Gasteiger charge is -2.19. The first-order valence-electron chi connectivity index (χ1n) is 26.2. The summed E-state index contributed by atoms with van der Waals surface area (Å²) in [5, 5.41) is -4.61. The SMILES string of the molecule is [2H]c1c([2H])c([2H])c(-c2c([2H])c([2H])c3c(-c4c([2H])c([2H])c([2H])c(-c5c([2H])c([2H])c([2H])c6c([2H])c([2H])c([2H])c([2H])c56)c4[2H])c4c([2H])c([2H])c([2H])c([2H])c4c(-c4c([2H])c([2H])c([2H])c([2H])c4[2H])c3c2[2H])c([2H])c1[2H]. The molecule has 0 radical (unpaired) electrons. The Labute approximate surface area is 285 Å². The van der Waals surface area contributed by atoms with E-state index in [0.29, 0.717) is 0 Å². The van der Waals surface area contributed by atoms with Crippen LogP contribution < -0.4 is 0 Å². The summed E-state index contributed by atoms with van der Waals surface area (Å²) in [6, 6.07) is -28.0. The van der Waals surface area contributed by atoms with Crippen molar-refractivity contribution in [3.63, 3.8) is 0 Å². The summed E-state index contributed by atoms with van der Waals surface area (Å²) in [4.78, 5) is 0. The summed E-state index contributed by atoms with van der Waals surface area (Å²) >= 11 is 0. The zero-order chi connectivity index (χ0) is 52.2. The highest BCUT2D eigenvalue weighted by Gasteiger charge is 2.18. The molecule has 0 amide bonds. The zero-order valence-electron chi connectivity index (χ0n) is 49.0. The molecule has 0 N–H and O–H groups in total. The number of fused-ring (bicyclic) bond motifs is 3. The Morgan fingerprint density at radius 3 is 1.57 bits per heavy atom. The molecule has 0 saturated carbocycles. The number of rotatable bonds is 4. The van der Waals surface area contributed by atoms with E-state index < -0.39 is 246 Å². The molecule has 0 heteroatoms. The summed E-state index contributed by atoms with van der Waals surface area (Å²) in [5.41, 5.74) is -6.83. The fourth-order valence-corrected chi connectivity index (χ4v) is 4.69. The van der Waals surface area contributed by atoms with Crippen molar-refractivity contribution in [3.8, 4) is 44.5 Å². The molecule has 0 saturated heterocycles. The second-order valence-corrected chi connectivity index (χ2v) is 8.75. The maximum Gasteiger partial charge on any atom is 0.0636 e. The van der Waals surface area contributed by atoms with Gasteiger partial charge >= 0.3 is 0 Å². The van der Waals surface area contributed by atoms with Crippen LogP contribution in [0.15, 0.2) is 169 Å². The highest BCUT2D eigenvalue weighted by atomic mass is 14.2. The first-order valence-corrected chi connectivity index (χ1v) is 12.2. The van der Waals surface area contributed by atoms with Gasteiger partial charge in [0.25, 0.3) is 0 Å². The number of hydrogen-bond acceptors (Lipinski definition) is 0. The third kappa shape index (κ3) is 4.08. The van der Waals surface area contributed by atoms with E-state index in [1.165, 1.54) is 0 Å². The van der Waals surface area contributed by atoms with Crippen LogP contribution in [0.2, 0.25) is 0 Å². The monoisotopic (exact) mass is 560 g/mol. The topological polar surface area (TPSA) is 0 Å². The largest absolute Gasteiger partial charge is 0.0636 e. The number of benzene rings is 8. The van der Waals surface area contributed by atoms with Gasteiger partial charge in [0.2, 0.25) is 0 Å². The average Bonchev–Trinajstić information content (AvgIpc) is 3.32. The zero-order valence-corrected chi connectivity index (χ0v) is 21.0. The normalized spacial score (nSPS) is 20.7. The van der Waals surface area contributed by atoms with E-state index in [4.69, 9.17) is 28.8 Å². The first-order chi connectivity index (χ1) is 32.5. The van der Waals surface area contributed by atoms with Crippen molar-refractivity contribution in [1.82, 2.24) is 0 Å². The molecule has 8 aromatic rings. The van der Waals surface area contributed by atoms with E-state index in [2.05, 4.69) is 0 Å². The second-order valence-electron chi connectivity index (χ2n) is 8.75. The van der Waals surface area contributed by atoms with E-state index in [0.717, 1.165) is 0 Å². The van der Waals surface area contributed by atoms with Gasteiger partial charge in [-0.3, -0.25) is 0 Å². The quantitative estimate of drug-likeness (QED) is 0.188. The van der Waals surface area contributed by atoms with Crippen molar-refractivity contribution >= 4 is 32.3 Å². The molecule has 0 aliphatic rings. The van der Waals surface area contributed by atoms with Crippen molar-refractivity contribution in [2.45, 2.75) is 0 Å². The predicted molar refractivity (Wildman–Crippen MR) is 181 cm³/mol. The summed E-state index contributed by atoms with van der Waals surface area (Å²) in [6.45, 7) is 0. The summed E-state index contributed by atoms with van der Waals surface area (Å²) in [6.07, 6.45) is 0. The fraction of sp³-hybridized carbons (Fsp3) is 0. The molecular weight excluding hydrogens is 504 g/mol. The van der Waals surface area contributed by atoms with Gasteiger partial charge in [0.15, 0.2) is 0 Å². The van der Waals surface area contributed by atoms with Crippen LogP contribution in [0.1, 0.15) is 38.4 Å². The lowest BCUT2D eigenvalue weighted by molar-refractivity contribution is 1.62. The summed E-state index contributed by atoms with van der Waals surface area (Å²) in [7, 11) is 0. The minimum absolute atomic E-state index is 0.636. The maximum atomic E-state index is 9.86. The van der Waals surface area contributed by atoms with E-state index >= 15 is 0 Å². The Kier molecular flexibility index (Phi) is 2.19. The van der Waals surface area contributed by atoms with E-state index in [-0.39, 0.29) is 0 Å². The van der Waals surface area contributed by atoms with Crippen molar-refractivity contribution < 1.29 is 38.4 Å². The Balaban J connectivity index is 1.79. The first kappa shape index (κ1) is 9.02. The van der Waals surface area contributed by atoms with Crippen LogP contribution in [-0.2, 0) is 0 Å². The molecule has 0 atom stereocenters. The predicted octanol–water partition coefficient (Wildman–Crippen LogP) is 11.8. The third-order valence-electron chi connectivity index (χ3n) is 6.44. The van der Waals surface area contributed by atoms with Crippen LogP contribution in [-0.4, -0.2) is 0 Å². The van der Waals surface area contributed by atoms with Gasteiger partial charge in [-0.15, -0.1) is 0 Å². The van der Waals surface area contributed by atoms with Crippen LogP contribution in [0.5, 0.6) is 0 Å². The van der Waals surface area contributed by atoms with Crippen LogP contribution in [0, 0.1) is 0 Å². The Hall–Kier alpha value is -5.46. The highest BCUT2D eigenvalue weighted by molar-refractivity contribution is 6.22. The summed E-state index contributed by atoms with van der Waals surface area (Å²) < 4.78 is 249. The van der Waals surface area contributed by atoms with Crippen molar-refractivity contribution in [1.29, 1.82) is 0 Å². The van der Waals surface area contributed by atoms with Gasteiger partial charge in [-0.2, -0.15) is 0 Å². The molecular formula is C42H28. The van der Waals surface area contributed by atoms with Gasteiger partial charge in [0, 0.05) is 0 Å². The molecule has 0 fully saturated rings. The minimum Gasteiger partial charge on any atom is -0.0622 e. The van der Waals surface area contributed by atoms with Crippen molar-refractivity contribution in [2.24, 2.45) is 0 Å². The van der Waals surface area contributed by atoms with E-state index in [1.807, 2.05) is 0 Å². The highest BCUT2D eigenvalue weighted by Crippen LogP contribution is 2.45. The molecule has 0 aliphatic heterocycles. The molecule has 0 unspecified atom stereocenters. The Morgan fingerprint density at radius 2 is 0.810 bits per heavy atom. The second kappa shape index (κ2) is 10.2. The molecule has 0 heterocycles. The maximum absolute atomic E-state index is 9.86. The lowest BCUT2D eigenvalue weighted by atomic mass is 9.84. The minimum atomic E-state index is -1.12. The van der Waals surface area contributed by atoms with Gasteiger partial charge < -0.3 is 0 Å². The molecule has 0 nitrogen and oxygen atoms in total. The Morgan fingerprint density at radius 1 is 0.286 bits per heavy atom. The third-order valence-corrected chi connectivity index (χ3v) is 6.44. The van der Waals surface area contributed by atoms with Gasteiger partial charge in [-0.05, 0) is 88.9 Å². The lowest BCUT2D eigenvalue weighted by Crippen LogP contribution is -1.92. The standard InChI is InChI=1S/C42H28/c1-3-13-29(14-4-1)32-25-26-39-40(28-32)41(31-16-5-2-6-17-31)37-22-9-10-23-38(37)42(39)34-20-11-19-33(27-34)36-24-12-18-30-15-7-8-21-35(30)36/h1-28H/i1D,2D,3D,4D,5D,6D,7D,8D,9D,10D,11D,12D,13D,14D,15D,16D,17D,18D,19D,20D,21D,22D,23D,24D,25D,26D,27D,28D. The van der Waals surface area contributed by atoms with E-state index in [1.54, 1.807) is 0 Å². The van der Waals surface area contributed by atoms with Crippen LogP contribution in [0.4, 0.5) is 0 Å². The molecule has 196 valence electrons. The summed E-state index contributed by atoms with van der Waals surface area (Å²) in [5.74, 6) is 0. The fourth-order valence-electron chi connectivity index (χ4n) is 4.69. The molecule has 8 aromatic carbocycles. The van der Waals surface area contributed by atoms with Gasteiger partial charge in [0.05, 0.1) is 38.4 Å². The smallest absolute Gasteiger partial charge is 0.0622 e. The molecule has 42 heavy (non-hydrogen) atoms. The van der Waals surface area contributed by atoms with Crippen LogP contribution in [0.3, 0.4) is 0 Å². The van der Waals surface area contributed by atoms with Crippen LogP contribution in [0.25, 0.3) is 76.8 Å². The molecule has 0 aliphatic carbocycles. The van der Waals surface area contributed by atoms with Crippen molar-refractivity contribution in [3.05, 3.63) is 169 Å². The average molecular weight is 561 g/mol. The molecule has 0 aromatic heterocycles. The molecule has 0 bridgehead atoms. The van der Waals surface area contributed by atoms with Crippen LogP contribution >= 0.6 is 0 Å². The number of hydrogen-bond donors (Lipinski definition) is 0. The van der Waals surface area contributed by atoms with E-state index in [9.17, 15) is 9.60 Å². The van der Waals surface area contributed by atoms with Gasteiger partial charge in [0.1, 0.15) is 0 Å². The van der Waals surface area contributed by atoms with Gasteiger partial charge in [-0.25, -0.2) is 0 Å². The van der Waals surface area contributed by atoms with Crippen molar-refractivity contribution in [2.75, 3.05) is 0 Å².